The molecule has 0 bridgehead atoms. The van der Waals surface area contributed by atoms with Crippen LogP contribution in [0.3, 0.4) is 0 Å². The molecule has 1 amide bonds. The maximum Gasteiger partial charge on any atom is 0.470 e. The van der Waals surface area contributed by atoms with E-state index in [1.165, 1.54) is 70.6 Å². The van der Waals surface area contributed by atoms with Gasteiger partial charge in [0, 0.05) is 33.4 Å². The van der Waals surface area contributed by atoms with E-state index in [1.807, 2.05) is 0 Å². The van der Waals surface area contributed by atoms with Crippen molar-refractivity contribution in [3.8, 4) is 0 Å². The predicted octanol–water partition coefficient (Wildman–Crippen LogP) is 13.9. The maximum atomic E-state index is 13.8. The molecule has 90 heavy (non-hydrogen) atoms. The number of unbranched alkanes of at least 4 members (excludes halogenated alkanes) is 31. The van der Waals surface area contributed by atoms with Crippen LogP contribution in [0.25, 0.3) is 0 Å². The number of methoxy groups -OCH3 is 1. The molecule has 23 heteroatoms. The van der Waals surface area contributed by atoms with Crippen LogP contribution in [-0.4, -0.2) is 162 Å². The number of phosphoric ester groups is 2. The molecule has 0 aromatic heterocycles. The molecule has 532 valence electrons. The molecule has 2 rings (SSSR count). The average molecular weight is 1330 g/mol. The van der Waals surface area contributed by atoms with Crippen molar-refractivity contribution in [3.05, 3.63) is 12.2 Å². The number of allylic oxidation sites excluding steroid dienone is 2. The van der Waals surface area contributed by atoms with Gasteiger partial charge in [-0.3, -0.25) is 18.6 Å². The summed E-state index contributed by atoms with van der Waals surface area (Å²) in [6.45, 7) is 6.91. The molecular weight excluding hydrogens is 1200 g/mol. The summed E-state index contributed by atoms with van der Waals surface area (Å²) in [5.41, 5.74) is 0. The summed E-state index contributed by atoms with van der Waals surface area (Å²) in [7, 11) is -8.52. The summed E-state index contributed by atoms with van der Waals surface area (Å²) in [5, 5.41) is 26.0. The van der Waals surface area contributed by atoms with Crippen molar-refractivity contribution >= 4 is 27.3 Å². The Morgan fingerprint density at radius 3 is 1.47 bits per heavy atom. The quantitative estimate of drug-likeness (QED) is 0.0129. The number of Topliss-reactive ketones (excluding diaryl/α,β-unsaturated/α-hetero) is 1. The fraction of sp³-hybridized carbons (Fsp3) is 0.940. The van der Waals surface area contributed by atoms with Crippen molar-refractivity contribution in [2.75, 3.05) is 53.4 Å². The van der Waals surface area contributed by atoms with E-state index in [2.05, 4.69) is 49.7 Å². The lowest BCUT2D eigenvalue weighted by atomic mass is 9.95. The molecule has 0 aromatic carbocycles. The Morgan fingerprint density at radius 2 is 0.956 bits per heavy atom. The molecule has 0 spiro atoms. The fourth-order valence-electron chi connectivity index (χ4n) is 11.7. The minimum atomic E-state index is -5.23. The third-order valence-corrected chi connectivity index (χ3v) is 18.0. The number of carbonyl (C=O) groups is 2. The molecule has 2 aliphatic heterocycles. The van der Waals surface area contributed by atoms with Crippen molar-refractivity contribution in [1.82, 2.24) is 5.32 Å². The van der Waals surface area contributed by atoms with E-state index in [1.54, 1.807) is 7.11 Å². The smallest absolute Gasteiger partial charge is 0.394 e. The molecule has 7 N–H and O–H groups in total. The molecule has 2 heterocycles. The van der Waals surface area contributed by atoms with Gasteiger partial charge in [-0.2, -0.15) is 0 Å². The normalized spacial score (nSPS) is 22.8. The third-order valence-electron chi connectivity index (χ3n) is 17.0. The minimum absolute atomic E-state index is 0.0598. The topological polar surface area (TPSA) is 294 Å². The summed E-state index contributed by atoms with van der Waals surface area (Å²) in [4.78, 5) is 66.5. The Morgan fingerprint density at radius 1 is 0.489 bits per heavy atom. The van der Waals surface area contributed by atoms with Gasteiger partial charge in [0.15, 0.2) is 12.6 Å². The van der Waals surface area contributed by atoms with E-state index in [9.17, 15) is 48.5 Å². The van der Waals surface area contributed by atoms with Gasteiger partial charge in [-0.15, -0.1) is 0 Å². The molecule has 0 unspecified atom stereocenters. The number of rotatable bonds is 62. The fourth-order valence-corrected chi connectivity index (χ4v) is 12.6. The van der Waals surface area contributed by atoms with E-state index in [0.29, 0.717) is 25.7 Å². The molecule has 2 saturated heterocycles. The number of hydrogen-bond donors (Lipinski definition) is 7. The van der Waals surface area contributed by atoms with E-state index >= 15 is 0 Å². The minimum Gasteiger partial charge on any atom is -0.394 e. The van der Waals surface area contributed by atoms with Crippen molar-refractivity contribution in [1.29, 1.82) is 0 Å². The van der Waals surface area contributed by atoms with Crippen molar-refractivity contribution in [3.63, 3.8) is 0 Å². The Balaban J connectivity index is 2.43. The zero-order chi connectivity index (χ0) is 65.9. The standard InChI is InChI=1S/C67H129NO20P2/c1-6-10-14-18-21-24-25-26-27-28-29-30-32-35-39-43-48-81-65-64(82-49-46-56(79-5)45-41-36-17-13-9-4)62(88-90(76,77)78)57(53-69)86-67(65)84-54-58-61(72)63(80-47-42-38-34-23-20-16-12-8-3)60(66(87-58)83-50-51-85-89(73,74)75)68-59(71)52-55(70)44-40-37-33-31-22-19-15-11-7-2/h24-25,56-58,60-67,69,72H,6-23,26-54H2,1-5H3,(H,68,71)(H2,73,74,75)(H2,76,77,78)/b25-24-/t56-,57-,58-,60-,61-,62-,63-,64+,65-,66+,67-/m1/s1. The van der Waals surface area contributed by atoms with Crippen LogP contribution < -0.4 is 5.32 Å². The maximum absolute atomic E-state index is 13.8. The number of aliphatic hydroxyl groups is 2. The second-order valence-electron chi connectivity index (χ2n) is 25.0. The molecule has 0 aliphatic carbocycles. The summed E-state index contributed by atoms with van der Waals surface area (Å²) < 4.78 is 85.1. The highest BCUT2D eigenvalue weighted by atomic mass is 31.2. The first-order valence-electron chi connectivity index (χ1n) is 35.6. The van der Waals surface area contributed by atoms with Crippen molar-refractivity contribution < 1.29 is 95.4 Å². The van der Waals surface area contributed by atoms with Crippen LogP contribution in [-0.2, 0) is 65.7 Å². The Kier molecular flexibility index (Phi) is 51.6. The Hall–Kier alpha value is -1.30. The molecular formula is C67H129NO20P2. The lowest BCUT2D eigenvalue weighted by Gasteiger charge is -2.47. The van der Waals surface area contributed by atoms with E-state index in [-0.39, 0.29) is 38.1 Å². The van der Waals surface area contributed by atoms with Crippen LogP contribution in [0.1, 0.15) is 285 Å². The highest BCUT2D eigenvalue weighted by Gasteiger charge is 2.53. The van der Waals surface area contributed by atoms with E-state index < -0.39 is 116 Å². The largest absolute Gasteiger partial charge is 0.470 e. The second kappa shape index (κ2) is 54.8. The van der Waals surface area contributed by atoms with Crippen molar-refractivity contribution in [2.24, 2.45) is 0 Å². The van der Waals surface area contributed by atoms with Gasteiger partial charge in [0.2, 0.25) is 5.91 Å². The summed E-state index contributed by atoms with van der Waals surface area (Å²) in [6.07, 6.45) is 31.7. The summed E-state index contributed by atoms with van der Waals surface area (Å²) in [6, 6.07) is -1.23. The van der Waals surface area contributed by atoms with Crippen LogP contribution in [0.4, 0.5) is 0 Å². The van der Waals surface area contributed by atoms with Gasteiger partial charge in [0.25, 0.3) is 0 Å². The SMILES string of the molecule is CCCCCC/C=C\CCCCCCCCCCO[C@H]1[C@H](OC[C@H]2O[C@H](OCCOP(=O)(O)O)[C@H](NC(=O)CC(=O)CCCCCCCCCCC)[C@@H](OCCCCCCCCCC)[C@@H]2O)O[C@H](CO)[C@@H](OP(=O)(O)O)[C@@H]1OCC[C@@H](CCCCCCC)OC. The number of aliphatic hydroxyl groups excluding tert-OH is 2. The number of ketones is 1. The number of hydrogen-bond acceptors (Lipinski definition) is 16. The number of ether oxygens (including phenoxy) is 8. The van der Waals surface area contributed by atoms with Gasteiger partial charge in [-0.25, -0.2) is 9.13 Å². The molecule has 0 radical (unpaired) electrons. The molecule has 2 aliphatic rings. The first kappa shape index (κ1) is 84.8. The number of amides is 1. The number of nitrogens with one attached hydrogen (secondary N) is 1. The van der Waals surface area contributed by atoms with Gasteiger partial charge in [0.05, 0.1) is 39.0 Å². The van der Waals surface area contributed by atoms with Gasteiger partial charge < -0.3 is 73.0 Å². The first-order chi connectivity index (χ1) is 43.5. The van der Waals surface area contributed by atoms with Gasteiger partial charge in [-0.05, 0) is 57.8 Å². The average Bonchev–Trinajstić information content (AvgIpc) is 0.859. The van der Waals surface area contributed by atoms with Crippen LogP contribution in [0, 0.1) is 0 Å². The zero-order valence-electron chi connectivity index (χ0n) is 56.5. The van der Waals surface area contributed by atoms with Crippen LogP contribution in [0.2, 0.25) is 0 Å². The summed E-state index contributed by atoms with van der Waals surface area (Å²) in [5.74, 6) is -0.907. The van der Waals surface area contributed by atoms with Crippen LogP contribution in [0.15, 0.2) is 12.2 Å². The molecule has 0 aromatic rings. The van der Waals surface area contributed by atoms with Gasteiger partial charge in [-0.1, -0.05) is 226 Å². The predicted molar refractivity (Wildman–Crippen MR) is 351 cm³/mol. The van der Waals surface area contributed by atoms with Crippen molar-refractivity contribution in [2.45, 2.75) is 352 Å². The molecule has 0 saturated carbocycles. The Labute approximate surface area is 543 Å². The zero-order valence-corrected chi connectivity index (χ0v) is 58.3. The van der Waals surface area contributed by atoms with Gasteiger partial charge >= 0.3 is 15.6 Å². The number of phosphoric acid groups is 2. The third kappa shape index (κ3) is 42.3. The highest BCUT2D eigenvalue weighted by Crippen LogP contribution is 2.43. The second-order valence-corrected chi connectivity index (χ2v) is 27.4. The van der Waals surface area contributed by atoms with Crippen LogP contribution in [0.5, 0.6) is 0 Å². The van der Waals surface area contributed by atoms with E-state index in [0.717, 1.165) is 148 Å². The van der Waals surface area contributed by atoms with E-state index in [4.69, 9.17) is 42.4 Å². The summed E-state index contributed by atoms with van der Waals surface area (Å²) >= 11 is 0. The van der Waals surface area contributed by atoms with Crippen LogP contribution >= 0.6 is 15.6 Å². The molecule has 21 nitrogen and oxygen atoms in total. The molecule has 11 atom stereocenters. The first-order valence-corrected chi connectivity index (χ1v) is 38.7. The number of carbonyl (C=O) groups excluding carboxylic acids is 2. The lowest BCUT2D eigenvalue weighted by Crippen LogP contribution is -2.66. The van der Waals surface area contributed by atoms with Gasteiger partial charge in [0.1, 0.15) is 54.6 Å². The Bertz CT molecular complexity index is 1850. The highest BCUT2D eigenvalue weighted by molar-refractivity contribution is 7.46. The lowest BCUT2D eigenvalue weighted by molar-refractivity contribution is -0.331. The monoisotopic (exact) mass is 1330 g/mol. The molecule has 2 fully saturated rings.